The number of benzene rings is 2. The molecule has 1 aliphatic heterocycles. The van der Waals surface area contributed by atoms with Crippen molar-refractivity contribution >= 4 is 23.2 Å². The summed E-state index contributed by atoms with van der Waals surface area (Å²) < 4.78 is 1.76. The second-order valence-electron chi connectivity index (χ2n) is 8.06. The van der Waals surface area contributed by atoms with E-state index in [1.54, 1.807) is 4.68 Å². The van der Waals surface area contributed by atoms with Crippen molar-refractivity contribution < 1.29 is 4.79 Å². The van der Waals surface area contributed by atoms with Crippen molar-refractivity contribution in [1.29, 1.82) is 0 Å². The molecule has 5 rings (SSSR count). The van der Waals surface area contributed by atoms with E-state index >= 15 is 0 Å². The molecule has 0 radical (unpaired) electrons. The third-order valence-electron chi connectivity index (χ3n) is 5.86. The fourth-order valence-corrected chi connectivity index (χ4v) is 4.30. The van der Waals surface area contributed by atoms with E-state index in [9.17, 15) is 4.79 Å². The first-order valence-corrected chi connectivity index (χ1v) is 10.8. The minimum atomic E-state index is -0.108. The number of carbonyl (C=O) groups excluding carboxylic acids is 1. The van der Waals surface area contributed by atoms with Crippen molar-refractivity contribution in [3.63, 3.8) is 0 Å². The average Bonchev–Trinajstić information content (AvgIpc) is 3.53. The lowest BCUT2D eigenvalue weighted by molar-refractivity contribution is 0.0661. The molecule has 0 unspecified atom stereocenters. The first-order valence-electron chi connectivity index (χ1n) is 10.4. The molecule has 154 valence electrons. The Labute approximate surface area is 181 Å². The molecule has 0 N–H and O–H groups in total. The normalized spacial score (nSPS) is 19.2. The van der Waals surface area contributed by atoms with Crippen LogP contribution in [0.4, 0.5) is 5.69 Å². The lowest BCUT2D eigenvalue weighted by atomic mass is 10.1. The summed E-state index contributed by atoms with van der Waals surface area (Å²) in [6, 6.07) is 18.0. The number of para-hydroxylation sites is 2. The van der Waals surface area contributed by atoms with E-state index < -0.39 is 0 Å². The Kier molecular flexibility index (Phi) is 4.95. The van der Waals surface area contributed by atoms with Gasteiger partial charge in [-0.15, -0.1) is 5.10 Å². The highest BCUT2D eigenvalue weighted by atomic mass is 35.5. The summed E-state index contributed by atoms with van der Waals surface area (Å²) in [5, 5.41) is 5.21. The maximum Gasteiger partial charge on any atom is 0.293 e. The van der Waals surface area contributed by atoms with E-state index in [1.807, 2.05) is 47.4 Å². The molecule has 0 bridgehead atoms. The maximum absolute atomic E-state index is 13.3. The van der Waals surface area contributed by atoms with Crippen LogP contribution in [0.5, 0.6) is 0 Å². The zero-order valence-electron chi connectivity index (χ0n) is 16.9. The van der Waals surface area contributed by atoms with Gasteiger partial charge in [0.2, 0.25) is 5.82 Å². The third-order valence-corrected chi connectivity index (χ3v) is 6.18. The number of hydrogen-bond acceptors (Lipinski definition) is 4. The van der Waals surface area contributed by atoms with E-state index in [2.05, 4.69) is 34.0 Å². The minimum Gasteiger partial charge on any atom is -0.368 e. The van der Waals surface area contributed by atoms with Crippen LogP contribution in [0.3, 0.4) is 0 Å². The topological polar surface area (TPSA) is 54.3 Å². The molecule has 6 nitrogen and oxygen atoms in total. The number of anilines is 1. The van der Waals surface area contributed by atoms with Gasteiger partial charge in [0.05, 0.1) is 10.7 Å². The van der Waals surface area contributed by atoms with Gasteiger partial charge in [-0.1, -0.05) is 41.9 Å². The average molecular weight is 422 g/mol. The van der Waals surface area contributed by atoms with Gasteiger partial charge in [-0.25, -0.2) is 9.67 Å². The summed E-state index contributed by atoms with van der Waals surface area (Å²) in [5.41, 5.74) is 1.96. The largest absolute Gasteiger partial charge is 0.368 e. The molecule has 1 saturated carbocycles. The highest BCUT2D eigenvalue weighted by molar-refractivity contribution is 6.32. The van der Waals surface area contributed by atoms with Crippen LogP contribution in [-0.4, -0.2) is 51.2 Å². The number of amides is 1. The first-order chi connectivity index (χ1) is 14.6. The molecular formula is C23H24ClN5O. The lowest BCUT2D eigenvalue weighted by Crippen LogP contribution is -2.54. The monoisotopic (exact) mass is 421 g/mol. The van der Waals surface area contributed by atoms with Crippen LogP contribution in [0.2, 0.25) is 5.02 Å². The van der Waals surface area contributed by atoms with Crippen LogP contribution in [0.1, 0.15) is 42.1 Å². The number of hydrogen-bond donors (Lipinski definition) is 0. The highest BCUT2D eigenvalue weighted by Crippen LogP contribution is 2.40. The molecule has 2 heterocycles. The van der Waals surface area contributed by atoms with Crippen molar-refractivity contribution in [2.45, 2.75) is 31.7 Å². The molecule has 30 heavy (non-hydrogen) atoms. The number of halogens is 1. The van der Waals surface area contributed by atoms with E-state index in [4.69, 9.17) is 11.6 Å². The van der Waals surface area contributed by atoms with E-state index in [-0.39, 0.29) is 17.8 Å². The summed E-state index contributed by atoms with van der Waals surface area (Å²) in [6.45, 7) is 4.31. The van der Waals surface area contributed by atoms with Gasteiger partial charge >= 0.3 is 0 Å². The Morgan fingerprint density at radius 2 is 1.77 bits per heavy atom. The number of nitrogens with zero attached hydrogens (tertiary/aromatic N) is 5. The number of rotatable bonds is 4. The predicted molar refractivity (Wildman–Crippen MR) is 117 cm³/mol. The molecule has 2 aliphatic rings. The number of piperazine rings is 1. The van der Waals surface area contributed by atoms with E-state index in [0.29, 0.717) is 17.5 Å². The molecule has 2 aromatic carbocycles. The second-order valence-corrected chi connectivity index (χ2v) is 8.47. The molecule has 0 spiro atoms. The van der Waals surface area contributed by atoms with Gasteiger partial charge in [0, 0.05) is 37.3 Å². The fraction of sp³-hybridized carbons (Fsp3) is 0.348. The summed E-state index contributed by atoms with van der Waals surface area (Å²) in [7, 11) is 0. The Morgan fingerprint density at radius 1 is 1.03 bits per heavy atom. The Hall–Kier alpha value is -2.86. The molecule has 3 aromatic rings. The van der Waals surface area contributed by atoms with Crippen LogP contribution in [-0.2, 0) is 0 Å². The number of carbonyl (C=O) groups is 1. The summed E-state index contributed by atoms with van der Waals surface area (Å²) in [6.07, 6.45) is 2.14. The quantitative estimate of drug-likeness (QED) is 0.635. The van der Waals surface area contributed by atoms with Gasteiger partial charge in [0.25, 0.3) is 5.91 Å². The second kappa shape index (κ2) is 7.76. The Balaban J connectivity index is 1.39. The molecule has 2 fully saturated rings. The fourth-order valence-electron chi connectivity index (χ4n) is 4.08. The Bertz CT molecular complexity index is 1060. The zero-order chi connectivity index (χ0) is 20.7. The lowest BCUT2D eigenvalue weighted by Gasteiger charge is -2.40. The summed E-state index contributed by atoms with van der Waals surface area (Å²) in [4.78, 5) is 22.2. The molecule has 1 atom stereocenters. The molecule has 1 saturated heterocycles. The van der Waals surface area contributed by atoms with Crippen LogP contribution < -0.4 is 4.90 Å². The van der Waals surface area contributed by atoms with Gasteiger partial charge in [-0.05, 0) is 44.0 Å². The van der Waals surface area contributed by atoms with E-state index in [1.165, 1.54) is 5.69 Å². The maximum atomic E-state index is 13.3. The van der Waals surface area contributed by atoms with Gasteiger partial charge in [-0.3, -0.25) is 4.79 Å². The van der Waals surface area contributed by atoms with Gasteiger partial charge in [0.15, 0.2) is 0 Å². The Morgan fingerprint density at radius 3 is 2.47 bits per heavy atom. The smallest absolute Gasteiger partial charge is 0.293 e. The standard InChI is InChI=1S/C23H24ClN5O/c1-16-15-27(18-7-3-2-4-8-18)13-14-28(16)23(30)21-25-22(17-11-12-17)29(26-21)20-10-6-5-9-19(20)24/h2-10,16-17H,11-15H2,1H3/t16-/m1/s1. The predicted octanol–water partition coefficient (Wildman–Crippen LogP) is 4.15. The number of aromatic nitrogens is 3. The van der Waals surface area contributed by atoms with Crippen molar-refractivity contribution in [3.05, 3.63) is 71.3 Å². The summed E-state index contributed by atoms with van der Waals surface area (Å²) >= 11 is 6.40. The van der Waals surface area contributed by atoms with Gasteiger partial charge < -0.3 is 9.80 Å². The summed E-state index contributed by atoms with van der Waals surface area (Å²) in [5.74, 6) is 1.34. The molecule has 1 aliphatic carbocycles. The van der Waals surface area contributed by atoms with Gasteiger partial charge in [-0.2, -0.15) is 0 Å². The first kappa shape index (κ1) is 19.1. The molecule has 7 heteroatoms. The van der Waals surface area contributed by atoms with Crippen LogP contribution >= 0.6 is 11.6 Å². The van der Waals surface area contributed by atoms with E-state index in [0.717, 1.165) is 37.4 Å². The highest BCUT2D eigenvalue weighted by Gasteiger charge is 2.35. The van der Waals surface area contributed by atoms with Crippen LogP contribution in [0.25, 0.3) is 5.69 Å². The van der Waals surface area contributed by atoms with Crippen molar-refractivity contribution in [1.82, 2.24) is 19.7 Å². The SMILES string of the molecule is C[C@@H]1CN(c2ccccc2)CCN1C(=O)c1nc(C2CC2)n(-c2ccccc2Cl)n1. The minimum absolute atomic E-state index is 0.0723. The molecular weight excluding hydrogens is 398 g/mol. The third kappa shape index (κ3) is 3.56. The van der Waals surface area contributed by atoms with Crippen LogP contribution in [0.15, 0.2) is 54.6 Å². The molecule has 1 aromatic heterocycles. The van der Waals surface area contributed by atoms with Gasteiger partial charge in [0.1, 0.15) is 5.82 Å². The van der Waals surface area contributed by atoms with Crippen molar-refractivity contribution in [3.8, 4) is 5.69 Å². The van der Waals surface area contributed by atoms with Crippen molar-refractivity contribution in [2.24, 2.45) is 0 Å². The zero-order valence-corrected chi connectivity index (χ0v) is 17.7. The molecule has 1 amide bonds. The van der Waals surface area contributed by atoms with Crippen molar-refractivity contribution in [2.75, 3.05) is 24.5 Å². The van der Waals surface area contributed by atoms with Crippen LogP contribution in [0, 0.1) is 0 Å².